The summed E-state index contributed by atoms with van der Waals surface area (Å²) in [5, 5.41) is 0. The van der Waals surface area contributed by atoms with Crippen LogP contribution in [0.25, 0.3) is 0 Å². The molecule has 2 rings (SSSR count). The van der Waals surface area contributed by atoms with Gasteiger partial charge in [0.05, 0.1) is 0 Å². The number of hydrogen-bond donors (Lipinski definition) is 1. The van der Waals surface area contributed by atoms with Crippen molar-refractivity contribution in [3.8, 4) is 0 Å². The zero-order chi connectivity index (χ0) is 11.5. The third-order valence-electron chi connectivity index (χ3n) is 4.86. The summed E-state index contributed by atoms with van der Waals surface area (Å²) in [5.41, 5.74) is 8.06. The van der Waals surface area contributed by atoms with E-state index in [9.17, 15) is 0 Å². The lowest BCUT2D eigenvalue weighted by Gasteiger charge is -2.30. The third kappa shape index (κ3) is 2.20. The summed E-state index contributed by atoms with van der Waals surface area (Å²) < 4.78 is 0. The molecule has 2 aliphatic rings. The lowest BCUT2D eigenvalue weighted by Crippen LogP contribution is -2.36. The molecule has 4 unspecified atom stereocenters. The molecule has 2 N–H and O–H groups in total. The normalized spacial score (nSPS) is 39.8. The fourth-order valence-corrected chi connectivity index (χ4v) is 3.93. The Hall–Kier alpha value is -0.300. The predicted octanol–water partition coefficient (Wildman–Crippen LogP) is 3.89. The van der Waals surface area contributed by atoms with Crippen molar-refractivity contribution in [3.63, 3.8) is 0 Å². The fraction of sp³-hybridized carbons (Fsp3) is 0.867. The smallest absolute Gasteiger partial charge is 0.0136 e. The Morgan fingerprint density at radius 1 is 1.31 bits per heavy atom. The highest BCUT2D eigenvalue weighted by Crippen LogP contribution is 2.52. The minimum Gasteiger partial charge on any atom is -0.327 e. The zero-order valence-corrected chi connectivity index (χ0v) is 10.9. The SMILES string of the molecule is C/C=C1\CC2CC1C(N)C2CCCCCC. The number of allylic oxidation sites excluding steroid dienone is 1. The number of nitrogens with two attached hydrogens (primary N) is 1. The monoisotopic (exact) mass is 221 g/mol. The molecule has 0 aliphatic heterocycles. The molecule has 2 saturated carbocycles. The van der Waals surface area contributed by atoms with Gasteiger partial charge < -0.3 is 5.73 Å². The second kappa shape index (κ2) is 5.35. The van der Waals surface area contributed by atoms with Crippen molar-refractivity contribution in [2.75, 3.05) is 0 Å². The topological polar surface area (TPSA) is 26.0 Å². The molecule has 0 aromatic heterocycles. The highest BCUT2D eigenvalue weighted by molar-refractivity contribution is 5.21. The molecule has 0 radical (unpaired) electrons. The van der Waals surface area contributed by atoms with Crippen LogP contribution in [0.1, 0.15) is 58.8 Å². The van der Waals surface area contributed by atoms with Crippen LogP contribution in [0.5, 0.6) is 0 Å². The van der Waals surface area contributed by atoms with Crippen molar-refractivity contribution in [3.05, 3.63) is 11.6 Å². The summed E-state index contributed by atoms with van der Waals surface area (Å²) in [4.78, 5) is 0. The summed E-state index contributed by atoms with van der Waals surface area (Å²) >= 11 is 0. The van der Waals surface area contributed by atoms with Gasteiger partial charge in [0, 0.05) is 6.04 Å². The fourth-order valence-electron chi connectivity index (χ4n) is 3.93. The molecule has 1 nitrogen and oxygen atoms in total. The standard InChI is InChI=1S/C15H27N/c1-3-5-6-7-8-13-12-9-11(4-2)14(10-12)15(13)16/h4,12-15H,3,5-10,16H2,1-2H3/b11-4+. The maximum absolute atomic E-state index is 6.40. The quantitative estimate of drug-likeness (QED) is 0.553. The first kappa shape index (κ1) is 12.2. The van der Waals surface area contributed by atoms with Gasteiger partial charge in [-0.05, 0) is 43.9 Å². The van der Waals surface area contributed by atoms with Gasteiger partial charge in [-0.15, -0.1) is 0 Å². The number of rotatable bonds is 5. The molecular formula is C15H27N. The average molecular weight is 221 g/mol. The predicted molar refractivity (Wildman–Crippen MR) is 70.2 cm³/mol. The van der Waals surface area contributed by atoms with Gasteiger partial charge in [0.1, 0.15) is 0 Å². The number of fused-ring (bicyclic) bond motifs is 2. The van der Waals surface area contributed by atoms with Gasteiger partial charge in [-0.3, -0.25) is 0 Å². The van der Waals surface area contributed by atoms with Crippen LogP contribution in [-0.2, 0) is 0 Å². The molecule has 1 heteroatoms. The molecule has 2 fully saturated rings. The van der Waals surface area contributed by atoms with Crippen molar-refractivity contribution >= 4 is 0 Å². The van der Waals surface area contributed by atoms with Crippen molar-refractivity contribution in [1.29, 1.82) is 0 Å². The van der Waals surface area contributed by atoms with Crippen LogP contribution in [0.15, 0.2) is 11.6 Å². The van der Waals surface area contributed by atoms with Gasteiger partial charge in [-0.25, -0.2) is 0 Å². The Balaban J connectivity index is 1.81. The van der Waals surface area contributed by atoms with E-state index in [-0.39, 0.29) is 0 Å². The van der Waals surface area contributed by atoms with Crippen LogP contribution in [0, 0.1) is 17.8 Å². The van der Waals surface area contributed by atoms with E-state index < -0.39 is 0 Å². The van der Waals surface area contributed by atoms with Gasteiger partial charge in [-0.2, -0.15) is 0 Å². The van der Waals surface area contributed by atoms with E-state index in [0.29, 0.717) is 6.04 Å². The lowest BCUT2D eigenvalue weighted by molar-refractivity contribution is 0.299. The number of hydrogen-bond acceptors (Lipinski definition) is 1. The molecule has 0 saturated heterocycles. The van der Waals surface area contributed by atoms with Crippen molar-refractivity contribution in [2.24, 2.45) is 23.5 Å². The van der Waals surface area contributed by atoms with Crippen LogP contribution < -0.4 is 5.73 Å². The molecule has 2 aliphatic carbocycles. The van der Waals surface area contributed by atoms with E-state index in [0.717, 1.165) is 17.8 Å². The molecule has 16 heavy (non-hydrogen) atoms. The highest BCUT2D eigenvalue weighted by Gasteiger charge is 2.47. The minimum absolute atomic E-state index is 0.478. The largest absolute Gasteiger partial charge is 0.327 e. The Bertz CT molecular complexity index is 254. The van der Waals surface area contributed by atoms with E-state index in [2.05, 4.69) is 19.9 Å². The van der Waals surface area contributed by atoms with E-state index in [1.807, 2.05) is 0 Å². The Morgan fingerprint density at radius 3 is 2.75 bits per heavy atom. The lowest BCUT2D eigenvalue weighted by atomic mass is 9.79. The second-order valence-corrected chi connectivity index (χ2v) is 5.76. The molecular weight excluding hydrogens is 194 g/mol. The first-order valence-electron chi connectivity index (χ1n) is 7.18. The summed E-state index contributed by atoms with van der Waals surface area (Å²) in [5.74, 6) is 2.50. The molecule has 4 atom stereocenters. The average Bonchev–Trinajstić information content (AvgIpc) is 2.83. The zero-order valence-electron chi connectivity index (χ0n) is 10.9. The van der Waals surface area contributed by atoms with E-state index in [1.54, 1.807) is 5.57 Å². The molecule has 92 valence electrons. The van der Waals surface area contributed by atoms with E-state index in [4.69, 9.17) is 5.73 Å². The number of unbranched alkanes of at least 4 members (excludes halogenated alkanes) is 3. The molecule has 0 aromatic rings. The van der Waals surface area contributed by atoms with Crippen LogP contribution >= 0.6 is 0 Å². The maximum atomic E-state index is 6.40. The molecule has 0 spiro atoms. The van der Waals surface area contributed by atoms with Crippen LogP contribution in [0.2, 0.25) is 0 Å². The first-order valence-corrected chi connectivity index (χ1v) is 7.18. The molecule has 2 bridgehead atoms. The Morgan fingerprint density at radius 2 is 2.12 bits per heavy atom. The van der Waals surface area contributed by atoms with Gasteiger partial charge >= 0.3 is 0 Å². The van der Waals surface area contributed by atoms with Gasteiger partial charge in [-0.1, -0.05) is 44.3 Å². The van der Waals surface area contributed by atoms with Crippen LogP contribution in [-0.4, -0.2) is 6.04 Å². The summed E-state index contributed by atoms with van der Waals surface area (Å²) in [6.45, 7) is 4.46. The first-order chi connectivity index (χ1) is 7.77. The van der Waals surface area contributed by atoms with Gasteiger partial charge in [0.15, 0.2) is 0 Å². The third-order valence-corrected chi connectivity index (χ3v) is 4.86. The van der Waals surface area contributed by atoms with Crippen molar-refractivity contribution < 1.29 is 0 Å². The van der Waals surface area contributed by atoms with Crippen molar-refractivity contribution in [1.82, 2.24) is 0 Å². The van der Waals surface area contributed by atoms with Gasteiger partial charge in [0.2, 0.25) is 0 Å². The Kier molecular flexibility index (Phi) is 4.07. The van der Waals surface area contributed by atoms with Gasteiger partial charge in [0.25, 0.3) is 0 Å². The summed E-state index contributed by atoms with van der Waals surface area (Å²) in [6.07, 6.45) is 12.0. The van der Waals surface area contributed by atoms with Crippen LogP contribution in [0.4, 0.5) is 0 Å². The summed E-state index contributed by atoms with van der Waals surface area (Å²) in [7, 11) is 0. The summed E-state index contributed by atoms with van der Waals surface area (Å²) in [6, 6.07) is 0.478. The Labute approximate surface area is 100 Å². The van der Waals surface area contributed by atoms with Crippen molar-refractivity contribution in [2.45, 2.75) is 64.8 Å². The minimum atomic E-state index is 0.478. The van der Waals surface area contributed by atoms with E-state index in [1.165, 1.54) is 44.9 Å². The molecule has 0 amide bonds. The molecule has 0 aromatic carbocycles. The molecule has 0 heterocycles. The van der Waals surface area contributed by atoms with Crippen LogP contribution in [0.3, 0.4) is 0 Å². The van der Waals surface area contributed by atoms with E-state index >= 15 is 0 Å². The highest BCUT2D eigenvalue weighted by atomic mass is 14.7. The second-order valence-electron chi connectivity index (χ2n) is 5.76. The maximum Gasteiger partial charge on any atom is 0.0136 e.